The van der Waals surface area contributed by atoms with Crippen LogP contribution >= 0.6 is 11.6 Å². The third-order valence-electron chi connectivity index (χ3n) is 2.83. The van der Waals surface area contributed by atoms with Gasteiger partial charge < -0.3 is 15.2 Å². The monoisotopic (exact) mass is 269 g/mol. The third-order valence-corrected chi connectivity index (χ3v) is 3.19. The van der Waals surface area contributed by atoms with Crippen LogP contribution in [0.5, 0.6) is 5.88 Å². The summed E-state index contributed by atoms with van der Waals surface area (Å²) < 4.78 is 11.1. The van der Waals surface area contributed by atoms with Gasteiger partial charge in [-0.15, -0.1) is 0 Å². The Bertz CT molecular complexity index is 433. The molecular formula is C12H16ClN3O2. The minimum atomic E-state index is -0.0961. The molecule has 3 N–H and O–H groups in total. The van der Waals surface area contributed by atoms with Crippen LogP contribution in [0.15, 0.2) is 12.3 Å². The highest BCUT2D eigenvalue weighted by atomic mass is 35.5. The molecule has 0 aromatic carbocycles. The van der Waals surface area contributed by atoms with Crippen LogP contribution in [-0.4, -0.2) is 30.1 Å². The van der Waals surface area contributed by atoms with E-state index in [0.29, 0.717) is 18.1 Å². The van der Waals surface area contributed by atoms with Gasteiger partial charge in [-0.2, -0.15) is 0 Å². The molecule has 0 radical (unpaired) electrons. The zero-order valence-corrected chi connectivity index (χ0v) is 10.7. The number of amidine groups is 1. The maximum atomic E-state index is 7.39. The number of nitrogens with one attached hydrogen (secondary N) is 1. The van der Waals surface area contributed by atoms with Crippen molar-refractivity contribution in [1.82, 2.24) is 4.98 Å². The van der Waals surface area contributed by atoms with Crippen molar-refractivity contribution in [1.29, 1.82) is 5.41 Å². The zero-order chi connectivity index (χ0) is 13.0. The molecule has 2 rings (SSSR count). The number of pyridine rings is 1. The Labute approximate surface area is 111 Å². The van der Waals surface area contributed by atoms with Gasteiger partial charge in [-0.25, -0.2) is 4.98 Å². The molecule has 1 aliphatic heterocycles. The molecule has 1 aromatic heterocycles. The van der Waals surface area contributed by atoms with E-state index in [4.69, 9.17) is 32.2 Å². The lowest BCUT2D eigenvalue weighted by molar-refractivity contribution is -0.0119. The van der Waals surface area contributed by atoms with Gasteiger partial charge in [0.25, 0.3) is 0 Å². The fourth-order valence-corrected chi connectivity index (χ4v) is 2.11. The molecular weight excluding hydrogens is 254 g/mol. The van der Waals surface area contributed by atoms with Crippen molar-refractivity contribution in [2.24, 2.45) is 5.73 Å². The molecule has 0 spiro atoms. The van der Waals surface area contributed by atoms with Crippen molar-refractivity contribution < 1.29 is 9.47 Å². The van der Waals surface area contributed by atoms with Gasteiger partial charge in [0.1, 0.15) is 17.5 Å². The van der Waals surface area contributed by atoms with Crippen LogP contribution in [-0.2, 0) is 4.74 Å². The highest BCUT2D eigenvalue weighted by molar-refractivity contribution is 6.35. The van der Waals surface area contributed by atoms with E-state index in [-0.39, 0.29) is 17.0 Å². The molecule has 1 atom stereocenters. The van der Waals surface area contributed by atoms with Crippen LogP contribution in [0, 0.1) is 5.41 Å². The summed E-state index contributed by atoms with van der Waals surface area (Å²) in [5, 5.41) is 7.66. The van der Waals surface area contributed by atoms with Gasteiger partial charge in [0.05, 0.1) is 6.10 Å². The summed E-state index contributed by atoms with van der Waals surface area (Å²) in [6, 6.07) is 1.59. The molecule has 0 aliphatic carbocycles. The number of aromatic nitrogens is 1. The van der Waals surface area contributed by atoms with Crippen LogP contribution in [0.3, 0.4) is 0 Å². The van der Waals surface area contributed by atoms with E-state index in [2.05, 4.69) is 4.98 Å². The Morgan fingerprint density at radius 2 is 2.44 bits per heavy atom. The van der Waals surface area contributed by atoms with E-state index in [1.807, 2.05) is 0 Å². The summed E-state index contributed by atoms with van der Waals surface area (Å²) in [7, 11) is 0. The summed E-state index contributed by atoms with van der Waals surface area (Å²) >= 11 is 6.07. The number of rotatable bonds is 4. The molecule has 1 aliphatic rings. The first-order valence-corrected chi connectivity index (χ1v) is 6.29. The van der Waals surface area contributed by atoms with E-state index in [9.17, 15) is 0 Å². The van der Waals surface area contributed by atoms with E-state index in [1.165, 1.54) is 6.20 Å². The average molecular weight is 270 g/mol. The van der Waals surface area contributed by atoms with Gasteiger partial charge in [-0.3, -0.25) is 5.41 Å². The first-order valence-electron chi connectivity index (χ1n) is 5.92. The van der Waals surface area contributed by atoms with E-state index >= 15 is 0 Å². The minimum absolute atomic E-state index is 0.0950. The van der Waals surface area contributed by atoms with Crippen molar-refractivity contribution in [2.75, 3.05) is 13.2 Å². The molecule has 1 saturated heterocycles. The quantitative estimate of drug-likeness (QED) is 0.647. The third kappa shape index (κ3) is 3.11. The number of halogens is 1. The van der Waals surface area contributed by atoms with Crippen molar-refractivity contribution in [2.45, 2.75) is 25.4 Å². The fraction of sp³-hybridized carbons (Fsp3) is 0.500. The van der Waals surface area contributed by atoms with Gasteiger partial charge in [0.15, 0.2) is 0 Å². The Morgan fingerprint density at radius 3 is 3.11 bits per heavy atom. The largest absolute Gasteiger partial charge is 0.474 e. The molecule has 98 valence electrons. The summed E-state index contributed by atoms with van der Waals surface area (Å²) in [4.78, 5) is 4.04. The van der Waals surface area contributed by atoms with Crippen molar-refractivity contribution in [3.8, 4) is 5.88 Å². The molecule has 0 amide bonds. The summed E-state index contributed by atoms with van der Waals surface area (Å²) in [6.45, 7) is 1.21. The van der Waals surface area contributed by atoms with Gasteiger partial charge in [-0.1, -0.05) is 11.6 Å². The Morgan fingerprint density at radius 1 is 1.61 bits per heavy atom. The molecule has 1 aromatic rings. The Balaban J connectivity index is 2.00. The molecule has 18 heavy (non-hydrogen) atoms. The van der Waals surface area contributed by atoms with Crippen LogP contribution in [0.25, 0.3) is 0 Å². The molecule has 1 fully saturated rings. The van der Waals surface area contributed by atoms with E-state index in [1.54, 1.807) is 6.07 Å². The fourth-order valence-electron chi connectivity index (χ4n) is 1.84. The predicted octanol–water partition coefficient (Wildman–Crippen LogP) is 1.97. The zero-order valence-electron chi connectivity index (χ0n) is 9.99. The van der Waals surface area contributed by atoms with Crippen LogP contribution in [0.4, 0.5) is 0 Å². The van der Waals surface area contributed by atoms with Gasteiger partial charge in [-0.05, 0) is 25.3 Å². The van der Waals surface area contributed by atoms with Gasteiger partial charge >= 0.3 is 0 Å². The van der Waals surface area contributed by atoms with Gasteiger partial charge in [0.2, 0.25) is 5.88 Å². The summed E-state index contributed by atoms with van der Waals surface area (Å²) in [5.74, 6) is 0.208. The van der Waals surface area contributed by atoms with Crippen LogP contribution < -0.4 is 10.5 Å². The topological polar surface area (TPSA) is 81.2 Å². The van der Waals surface area contributed by atoms with Gasteiger partial charge in [0, 0.05) is 18.4 Å². The Kier molecular flexibility index (Phi) is 4.38. The van der Waals surface area contributed by atoms with E-state index < -0.39 is 0 Å². The minimum Gasteiger partial charge on any atom is -0.474 e. The lowest BCUT2D eigenvalue weighted by atomic mass is 10.1. The number of nitrogens with two attached hydrogens (primary N) is 1. The molecule has 1 unspecified atom stereocenters. The summed E-state index contributed by atoms with van der Waals surface area (Å²) in [6.07, 6.45) is 4.87. The maximum absolute atomic E-state index is 7.39. The molecule has 5 nitrogen and oxygen atoms in total. The number of nitrogen functional groups attached to an aromatic ring is 1. The van der Waals surface area contributed by atoms with E-state index in [0.717, 1.165) is 25.9 Å². The highest BCUT2D eigenvalue weighted by Gasteiger charge is 2.17. The lowest BCUT2D eigenvalue weighted by Gasteiger charge is -2.22. The molecule has 0 bridgehead atoms. The highest BCUT2D eigenvalue weighted by Crippen LogP contribution is 2.26. The van der Waals surface area contributed by atoms with Crippen molar-refractivity contribution >= 4 is 17.4 Å². The Hall–Kier alpha value is -1.33. The van der Waals surface area contributed by atoms with Crippen LogP contribution in [0.2, 0.25) is 5.02 Å². The average Bonchev–Trinajstić information content (AvgIpc) is 2.38. The maximum Gasteiger partial charge on any atom is 0.233 e. The first kappa shape index (κ1) is 13.1. The second kappa shape index (κ2) is 6.02. The molecule has 2 heterocycles. The molecule has 6 heteroatoms. The second-order valence-corrected chi connectivity index (χ2v) is 4.57. The number of hydrogen-bond acceptors (Lipinski definition) is 4. The van der Waals surface area contributed by atoms with Crippen molar-refractivity contribution in [3.63, 3.8) is 0 Å². The second-order valence-electron chi connectivity index (χ2n) is 4.19. The smallest absolute Gasteiger partial charge is 0.233 e. The summed E-state index contributed by atoms with van der Waals surface area (Å²) in [5.41, 5.74) is 5.85. The predicted molar refractivity (Wildman–Crippen MR) is 69.3 cm³/mol. The first-order chi connectivity index (χ1) is 8.68. The van der Waals surface area contributed by atoms with Crippen LogP contribution in [0.1, 0.15) is 24.8 Å². The SMILES string of the molecule is N=C(N)c1ccnc(OCC2CCCCO2)c1Cl. The number of ether oxygens (including phenoxy) is 2. The number of hydrogen-bond donors (Lipinski definition) is 2. The standard InChI is InChI=1S/C12H16ClN3O2/c13-10-9(11(14)15)4-5-16-12(10)18-7-8-3-1-2-6-17-8/h4-5,8H,1-3,6-7H2,(H3,14,15). The normalized spacial score (nSPS) is 19.5. The number of nitrogens with zero attached hydrogens (tertiary/aromatic N) is 1. The molecule has 0 saturated carbocycles. The van der Waals surface area contributed by atoms with Crippen molar-refractivity contribution in [3.05, 3.63) is 22.8 Å². The lowest BCUT2D eigenvalue weighted by Crippen LogP contribution is -2.26.